The van der Waals surface area contributed by atoms with E-state index in [4.69, 9.17) is 31.5 Å². The Morgan fingerprint density at radius 3 is 2.61 bits per heavy atom. The summed E-state index contributed by atoms with van der Waals surface area (Å²) >= 11 is 6.18. The highest BCUT2D eigenvalue weighted by molar-refractivity contribution is 6.32. The van der Waals surface area contributed by atoms with Crippen LogP contribution in [0.4, 0.5) is 0 Å². The van der Waals surface area contributed by atoms with Crippen LogP contribution < -0.4 is 15.2 Å². The molecule has 0 spiro atoms. The molecule has 0 aliphatic heterocycles. The van der Waals surface area contributed by atoms with Crippen LogP contribution in [0.5, 0.6) is 11.5 Å². The first kappa shape index (κ1) is 15.1. The maximum absolute atomic E-state index is 6.18. The second-order valence-electron chi connectivity index (χ2n) is 4.02. The molecule has 0 saturated carbocycles. The highest BCUT2D eigenvalue weighted by Gasteiger charge is 2.14. The van der Waals surface area contributed by atoms with Crippen molar-refractivity contribution in [3.8, 4) is 11.5 Å². The number of hydrogen-bond acceptors (Lipinski definition) is 4. The van der Waals surface area contributed by atoms with Gasteiger partial charge in [0.2, 0.25) is 0 Å². The first-order valence-corrected chi connectivity index (χ1v) is 6.22. The van der Waals surface area contributed by atoms with Crippen LogP contribution in [0.3, 0.4) is 0 Å². The summed E-state index contributed by atoms with van der Waals surface area (Å²) in [5, 5.41) is 0.513. The van der Waals surface area contributed by atoms with Crippen LogP contribution in [0.15, 0.2) is 12.1 Å². The molecule has 0 aliphatic carbocycles. The van der Waals surface area contributed by atoms with Gasteiger partial charge in [0.05, 0.1) is 18.2 Å². The van der Waals surface area contributed by atoms with Gasteiger partial charge >= 0.3 is 0 Å². The van der Waals surface area contributed by atoms with E-state index in [0.29, 0.717) is 29.7 Å². The van der Waals surface area contributed by atoms with E-state index >= 15 is 0 Å². The Morgan fingerprint density at radius 2 is 2.06 bits per heavy atom. The Kier molecular flexibility index (Phi) is 6.25. The van der Waals surface area contributed by atoms with Gasteiger partial charge in [0.25, 0.3) is 0 Å². The van der Waals surface area contributed by atoms with Gasteiger partial charge in [-0.15, -0.1) is 0 Å². The van der Waals surface area contributed by atoms with Crippen molar-refractivity contribution in [3.63, 3.8) is 0 Å². The van der Waals surface area contributed by atoms with Crippen molar-refractivity contribution >= 4 is 11.6 Å². The van der Waals surface area contributed by atoms with E-state index in [9.17, 15) is 0 Å². The van der Waals surface area contributed by atoms with Crippen LogP contribution in [0.2, 0.25) is 5.02 Å². The zero-order valence-corrected chi connectivity index (χ0v) is 11.8. The van der Waals surface area contributed by atoms with Crippen molar-refractivity contribution in [2.24, 2.45) is 5.73 Å². The summed E-state index contributed by atoms with van der Waals surface area (Å²) in [5.41, 5.74) is 6.50. The van der Waals surface area contributed by atoms with Crippen LogP contribution in [0.25, 0.3) is 0 Å². The molecule has 102 valence electrons. The SMILES string of the molecule is COCCC(C)Oc1c(Cl)cc(CN)cc1OC. The lowest BCUT2D eigenvalue weighted by Gasteiger charge is -2.18. The summed E-state index contributed by atoms with van der Waals surface area (Å²) in [7, 11) is 3.25. The lowest BCUT2D eigenvalue weighted by Crippen LogP contribution is -2.15. The Bertz CT molecular complexity index is 385. The van der Waals surface area contributed by atoms with Gasteiger partial charge in [-0.25, -0.2) is 0 Å². The molecule has 0 bridgehead atoms. The highest BCUT2D eigenvalue weighted by atomic mass is 35.5. The first-order chi connectivity index (χ1) is 8.62. The lowest BCUT2D eigenvalue weighted by atomic mass is 10.2. The molecule has 0 amide bonds. The summed E-state index contributed by atoms with van der Waals surface area (Å²) in [5.74, 6) is 1.16. The third kappa shape index (κ3) is 4.05. The molecule has 1 aromatic carbocycles. The summed E-state index contributed by atoms with van der Waals surface area (Å²) < 4.78 is 16.1. The minimum Gasteiger partial charge on any atom is -0.493 e. The molecule has 1 atom stereocenters. The summed E-state index contributed by atoms with van der Waals surface area (Å²) in [4.78, 5) is 0. The van der Waals surface area contributed by atoms with Crippen LogP contribution in [0, 0.1) is 0 Å². The molecule has 1 unspecified atom stereocenters. The Morgan fingerprint density at radius 1 is 1.33 bits per heavy atom. The van der Waals surface area contributed by atoms with Crippen molar-refractivity contribution < 1.29 is 14.2 Å². The number of hydrogen-bond donors (Lipinski definition) is 1. The molecule has 0 fully saturated rings. The third-order valence-electron chi connectivity index (χ3n) is 2.57. The Balaban J connectivity index is 2.86. The quantitative estimate of drug-likeness (QED) is 0.830. The Hall–Kier alpha value is -0.970. The van der Waals surface area contributed by atoms with E-state index in [1.807, 2.05) is 13.0 Å². The number of halogens is 1. The van der Waals surface area contributed by atoms with Crippen molar-refractivity contribution in [1.82, 2.24) is 0 Å². The van der Waals surface area contributed by atoms with Crippen molar-refractivity contribution in [2.45, 2.75) is 26.0 Å². The van der Waals surface area contributed by atoms with Gasteiger partial charge in [0, 0.05) is 26.7 Å². The normalized spacial score (nSPS) is 12.3. The van der Waals surface area contributed by atoms with E-state index in [0.717, 1.165) is 12.0 Å². The molecule has 1 rings (SSSR count). The van der Waals surface area contributed by atoms with E-state index < -0.39 is 0 Å². The van der Waals surface area contributed by atoms with Gasteiger partial charge in [-0.3, -0.25) is 0 Å². The van der Waals surface area contributed by atoms with Crippen LogP contribution in [-0.4, -0.2) is 26.9 Å². The molecule has 18 heavy (non-hydrogen) atoms. The fourth-order valence-corrected chi connectivity index (χ4v) is 1.83. The molecule has 5 heteroatoms. The highest BCUT2D eigenvalue weighted by Crippen LogP contribution is 2.37. The Labute approximate surface area is 113 Å². The van der Waals surface area contributed by atoms with Gasteiger partial charge < -0.3 is 19.9 Å². The molecule has 0 saturated heterocycles. The van der Waals surface area contributed by atoms with Crippen molar-refractivity contribution in [1.29, 1.82) is 0 Å². The molecule has 0 aliphatic rings. The topological polar surface area (TPSA) is 53.7 Å². The van der Waals surface area contributed by atoms with E-state index in [1.165, 1.54) is 0 Å². The van der Waals surface area contributed by atoms with Gasteiger partial charge in [-0.05, 0) is 24.6 Å². The standard InChI is InChI=1S/C13H20ClNO3/c1-9(4-5-16-2)18-13-11(14)6-10(8-15)7-12(13)17-3/h6-7,9H,4-5,8,15H2,1-3H3. The number of methoxy groups -OCH3 is 2. The number of ether oxygens (including phenoxy) is 3. The van der Waals surface area contributed by atoms with E-state index in [-0.39, 0.29) is 6.10 Å². The average Bonchev–Trinajstić information content (AvgIpc) is 2.38. The second-order valence-corrected chi connectivity index (χ2v) is 4.43. The van der Waals surface area contributed by atoms with Crippen LogP contribution in [-0.2, 0) is 11.3 Å². The number of nitrogens with two attached hydrogens (primary N) is 1. The molecule has 4 nitrogen and oxygen atoms in total. The average molecular weight is 274 g/mol. The predicted octanol–water partition coefficient (Wildman–Crippen LogP) is 2.61. The fraction of sp³-hybridized carbons (Fsp3) is 0.538. The summed E-state index contributed by atoms with van der Waals surface area (Å²) in [6, 6.07) is 3.63. The lowest BCUT2D eigenvalue weighted by molar-refractivity contribution is 0.133. The molecule has 1 aromatic rings. The zero-order chi connectivity index (χ0) is 13.5. The smallest absolute Gasteiger partial charge is 0.180 e. The monoisotopic (exact) mass is 273 g/mol. The van der Waals surface area contributed by atoms with Gasteiger partial charge in [-0.1, -0.05) is 11.6 Å². The molecular formula is C13H20ClNO3. The number of benzene rings is 1. The zero-order valence-electron chi connectivity index (χ0n) is 11.0. The van der Waals surface area contributed by atoms with Gasteiger partial charge in [-0.2, -0.15) is 0 Å². The second kappa shape index (κ2) is 7.46. The molecule has 2 N–H and O–H groups in total. The van der Waals surface area contributed by atoms with E-state index in [1.54, 1.807) is 20.3 Å². The number of rotatable bonds is 7. The molecule has 0 radical (unpaired) electrons. The first-order valence-electron chi connectivity index (χ1n) is 5.84. The maximum atomic E-state index is 6.18. The molecule has 0 heterocycles. The summed E-state index contributed by atoms with van der Waals surface area (Å²) in [6.45, 7) is 3.02. The predicted molar refractivity (Wildman–Crippen MR) is 72.5 cm³/mol. The minimum atomic E-state index is 0.0000709. The third-order valence-corrected chi connectivity index (χ3v) is 2.85. The molecule has 0 aromatic heterocycles. The minimum absolute atomic E-state index is 0.0000709. The van der Waals surface area contributed by atoms with Crippen LogP contribution in [0.1, 0.15) is 18.9 Å². The van der Waals surface area contributed by atoms with Crippen molar-refractivity contribution in [3.05, 3.63) is 22.7 Å². The van der Waals surface area contributed by atoms with Gasteiger partial charge in [0.1, 0.15) is 0 Å². The van der Waals surface area contributed by atoms with E-state index in [2.05, 4.69) is 0 Å². The maximum Gasteiger partial charge on any atom is 0.180 e. The van der Waals surface area contributed by atoms with Gasteiger partial charge in [0.15, 0.2) is 11.5 Å². The van der Waals surface area contributed by atoms with Crippen LogP contribution >= 0.6 is 11.6 Å². The van der Waals surface area contributed by atoms with Crippen molar-refractivity contribution in [2.75, 3.05) is 20.8 Å². The summed E-state index contributed by atoms with van der Waals surface area (Å²) in [6.07, 6.45) is 0.786. The fourth-order valence-electron chi connectivity index (χ4n) is 1.55. The molecular weight excluding hydrogens is 254 g/mol. The largest absolute Gasteiger partial charge is 0.493 e.